The SMILES string of the molecule is CCN(CCOC(=O)Cc1ccccc1Nc1c(Cl)cccc1Cl)CCOC(=O)c1cc(Br)c(N)c(CN(CC)C2CCCCC2)c1.Cl.Cl. The van der Waals surface area contributed by atoms with Crippen molar-refractivity contribution in [3.8, 4) is 0 Å². The number of nitrogen functional groups attached to an aromatic ring is 1. The molecular formula is C36H47BrCl4N4O4. The average molecular weight is 822 g/mol. The highest BCUT2D eigenvalue weighted by atomic mass is 79.9. The van der Waals surface area contributed by atoms with Crippen molar-refractivity contribution in [3.05, 3.63) is 85.8 Å². The van der Waals surface area contributed by atoms with Crippen molar-refractivity contribution in [3.63, 3.8) is 0 Å². The Morgan fingerprint density at radius 3 is 2.20 bits per heavy atom. The lowest BCUT2D eigenvalue weighted by atomic mass is 9.93. The number of ether oxygens (including phenoxy) is 2. The van der Waals surface area contributed by atoms with Gasteiger partial charge in [0.15, 0.2) is 0 Å². The van der Waals surface area contributed by atoms with Gasteiger partial charge in [0.25, 0.3) is 0 Å². The molecule has 49 heavy (non-hydrogen) atoms. The number of halogens is 5. The molecular weight excluding hydrogens is 774 g/mol. The van der Waals surface area contributed by atoms with E-state index < -0.39 is 0 Å². The molecule has 0 unspecified atom stereocenters. The van der Waals surface area contributed by atoms with Crippen LogP contribution in [0.5, 0.6) is 0 Å². The molecule has 1 fully saturated rings. The van der Waals surface area contributed by atoms with Crippen LogP contribution < -0.4 is 11.1 Å². The fourth-order valence-corrected chi connectivity index (χ4v) is 6.90. The van der Waals surface area contributed by atoms with Gasteiger partial charge in [0.2, 0.25) is 0 Å². The van der Waals surface area contributed by atoms with Gasteiger partial charge in [-0.2, -0.15) is 0 Å². The number of likely N-dealkylation sites (N-methyl/N-ethyl adjacent to an activating group) is 1. The van der Waals surface area contributed by atoms with Gasteiger partial charge in [-0.15, -0.1) is 24.8 Å². The Morgan fingerprint density at radius 1 is 0.898 bits per heavy atom. The molecule has 0 saturated heterocycles. The predicted molar refractivity (Wildman–Crippen MR) is 209 cm³/mol. The van der Waals surface area contributed by atoms with E-state index >= 15 is 0 Å². The van der Waals surface area contributed by atoms with Crippen LogP contribution in [0.1, 0.15) is 67.4 Å². The molecule has 0 amide bonds. The van der Waals surface area contributed by atoms with Crippen LogP contribution in [0.15, 0.2) is 59.1 Å². The lowest BCUT2D eigenvalue weighted by Gasteiger charge is -2.34. The Bertz CT molecular complexity index is 1490. The summed E-state index contributed by atoms with van der Waals surface area (Å²) in [5.41, 5.74) is 10.6. The third kappa shape index (κ3) is 12.8. The van der Waals surface area contributed by atoms with E-state index in [1.165, 1.54) is 32.1 Å². The van der Waals surface area contributed by atoms with Crippen LogP contribution in [0.25, 0.3) is 0 Å². The van der Waals surface area contributed by atoms with Gasteiger partial charge in [-0.3, -0.25) is 14.6 Å². The zero-order chi connectivity index (χ0) is 33.8. The van der Waals surface area contributed by atoms with Crippen LogP contribution in [0, 0.1) is 0 Å². The molecule has 0 spiro atoms. The number of carbonyl (C=O) groups excluding carboxylic acids is 2. The highest BCUT2D eigenvalue weighted by Gasteiger charge is 2.22. The van der Waals surface area contributed by atoms with Gasteiger partial charge in [-0.1, -0.05) is 80.6 Å². The Balaban J connectivity index is 0.00000417. The first-order valence-corrected chi connectivity index (χ1v) is 17.9. The molecule has 0 bridgehead atoms. The summed E-state index contributed by atoms with van der Waals surface area (Å²) in [5, 5.41) is 4.21. The van der Waals surface area contributed by atoms with Crippen LogP contribution >= 0.6 is 63.9 Å². The minimum absolute atomic E-state index is 0. The fourth-order valence-electron chi connectivity index (χ4n) is 5.91. The third-order valence-corrected chi connectivity index (χ3v) is 9.94. The standard InChI is InChI=1S/C36H45BrCl2N4O4.2ClH/c1-3-42(17-19-46-33(44)23-25-11-8-9-16-32(25)41-35-30(38)14-10-15-31(35)39)18-20-47-36(45)26-21-27(34(40)29(37)22-26)24-43(4-2)28-12-6-5-7-13-28;;/h8-11,14-16,21-22,28,41H,3-7,12-13,17-20,23-24,40H2,1-2H3;2*1H. The van der Waals surface area contributed by atoms with Gasteiger partial charge in [-0.05, 0) is 83.3 Å². The first-order valence-electron chi connectivity index (χ1n) is 16.4. The minimum Gasteiger partial charge on any atom is -0.464 e. The first-order chi connectivity index (χ1) is 22.7. The number of rotatable bonds is 16. The number of nitrogens with zero attached hydrogens (tertiary/aromatic N) is 2. The van der Waals surface area contributed by atoms with Crippen LogP contribution in [0.3, 0.4) is 0 Å². The van der Waals surface area contributed by atoms with Gasteiger partial charge in [0.1, 0.15) is 13.2 Å². The first kappa shape index (κ1) is 42.9. The number of benzene rings is 3. The Kier molecular flexibility index (Phi) is 19.2. The molecule has 1 aliphatic carbocycles. The number of nitrogens with one attached hydrogen (secondary N) is 1. The van der Waals surface area contributed by atoms with Crippen LogP contribution in [-0.4, -0.2) is 67.2 Å². The van der Waals surface area contributed by atoms with Gasteiger partial charge in [-0.25, -0.2) is 4.79 Å². The van der Waals surface area contributed by atoms with Crippen LogP contribution in [0.4, 0.5) is 17.1 Å². The Morgan fingerprint density at radius 2 is 1.55 bits per heavy atom. The maximum absolute atomic E-state index is 13.0. The summed E-state index contributed by atoms with van der Waals surface area (Å²) in [4.78, 5) is 30.3. The number of nitrogens with two attached hydrogens (primary N) is 1. The summed E-state index contributed by atoms with van der Waals surface area (Å²) in [7, 11) is 0. The number of carbonyl (C=O) groups is 2. The van der Waals surface area contributed by atoms with E-state index in [1.54, 1.807) is 24.3 Å². The predicted octanol–water partition coefficient (Wildman–Crippen LogP) is 9.34. The zero-order valence-electron chi connectivity index (χ0n) is 28.0. The van der Waals surface area contributed by atoms with Crippen molar-refractivity contribution in [2.24, 2.45) is 0 Å². The fraction of sp³-hybridized carbons (Fsp3) is 0.444. The van der Waals surface area contributed by atoms with E-state index in [1.807, 2.05) is 37.3 Å². The van der Waals surface area contributed by atoms with Crippen molar-refractivity contribution in [2.75, 3.05) is 50.4 Å². The van der Waals surface area contributed by atoms with E-state index in [4.69, 9.17) is 38.4 Å². The van der Waals surface area contributed by atoms with Gasteiger partial charge in [0.05, 0.1) is 33.4 Å². The summed E-state index contributed by atoms with van der Waals surface area (Å²) in [6.45, 7) is 8.00. The Labute approximate surface area is 321 Å². The number of anilines is 3. The third-order valence-electron chi connectivity index (χ3n) is 8.65. The molecule has 13 heteroatoms. The molecule has 3 aromatic carbocycles. The molecule has 4 rings (SSSR count). The molecule has 0 aliphatic heterocycles. The maximum Gasteiger partial charge on any atom is 0.338 e. The lowest BCUT2D eigenvalue weighted by Crippen LogP contribution is -2.36. The highest BCUT2D eigenvalue weighted by Crippen LogP contribution is 2.34. The summed E-state index contributed by atoms with van der Waals surface area (Å²) >= 11 is 16.2. The molecule has 8 nitrogen and oxygen atoms in total. The molecule has 3 aromatic rings. The summed E-state index contributed by atoms with van der Waals surface area (Å²) in [5.74, 6) is -0.734. The minimum atomic E-state index is -0.388. The number of esters is 2. The van der Waals surface area contributed by atoms with Crippen LogP contribution in [0.2, 0.25) is 10.0 Å². The molecule has 3 N–H and O–H groups in total. The van der Waals surface area contributed by atoms with Gasteiger partial charge >= 0.3 is 11.9 Å². The number of hydrogen-bond donors (Lipinski definition) is 2. The van der Waals surface area contributed by atoms with Gasteiger partial charge < -0.3 is 20.5 Å². The summed E-state index contributed by atoms with van der Waals surface area (Å²) < 4.78 is 11.9. The molecule has 1 saturated carbocycles. The monoisotopic (exact) mass is 818 g/mol. The number of hydrogen-bond acceptors (Lipinski definition) is 8. The van der Waals surface area contributed by atoms with Crippen molar-refractivity contribution in [2.45, 2.75) is 65.0 Å². The van der Waals surface area contributed by atoms with Crippen molar-refractivity contribution >= 4 is 92.9 Å². The Hall–Kier alpha value is -2.24. The topological polar surface area (TPSA) is 97.1 Å². The van der Waals surface area contributed by atoms with Crippen molar-refractivity contribution < 1.29 is 19.1 Å². The molecule has 1 aliphatic rings. The maximum atomic E-state index is 13.0. The molecule has 0 atom stereocenters. The molecule has 0 radical (unpaired) electrons. The zero-order valence-corrected chi connectivity index (χ0v) is 32.8. The van der Waals surface area contributed by atoms with E-state index in [-0.39, 0.29) is 56.4 Å². The summed E-state index contributed by atoms with van der Waals surface area (Å²) in [6, 6.07) is 16.9. The molecule has 0 heterocycles. The van der Waals surface area contributed by atoms with E-state index in [0.717, 1.165) is 23.4 Å². The average Bonchev–Trinajstić information content (AvgIpc) is 3.07. The molecule has 270 valence electrons. The van der Waals surface area contributed by atoms with Crippen molar-refractivity contribution in [1.82, 2.24) is 9.80 Å². The highest BCUT2D eigenvalue weighted by molar-refractivity contribution is 9.10. The van der Waals surface area contributed by atoms with Crippen molar-refractivity contribution in [1.29, 1.82) is 0 Å². The van der Waals surface area contributed by atoms with E-state index in [0.29, 0.717) is 63.7 Å². The smallest absolute Gasteiger partial charge is 0.338 e. The second kappa shape index (κ2) is 21.9. The normalized spacial score (nSPS) is 13.0. The largest absolute Gasteiger partial charge is 0.464 e. The van der Waals surface area contributed by atoms with Gasteiger partial charge in [0, 0.05) is 35.8 Å². The summed E-state index contributed by atoms with van der Waals surface area (Å²) in [6.07, 6.45) is 6.32. The quantitative estimate of drug-likeness (QED) is 0.109. The van der Waals surface area contributed by atoms with Crippen LogP contribution in [-0.2, 0) is 27.2 Å². The van der Waals surface area contributed by atoms with E-state index in [9.17, 15) is 9.59 Å². The lowest BCUT2D eigenvalue weighted by molar-refractivity contribution is -0.143. The second-order valence-electron chi connectivity index (χ2n) is 11.7. The second-order valence-corrected chi connectivity index (χ2v) is 13.4. The molecule has 0 aromatic heterocycles. The number of para-hydroxylation sites is 2. The van der Waals surface area contributed by atoms with E-state index in [2.05, 4.69) is 38.0 Å².